The SMILES string of the molecule is CCCCc1ccc(NC(=O)c2nn(CCC)c(=O)c3ccccc23)cc1. The van der Waals surface area contributed by atoms with Gasteiger partial charge < -0.3 is 5.32 Å². The van der Waals surface area contributed by atoms with E-state index in [4.69, 9.17) is 0 Å². The van der Waals surface area contributed by atoms with E-state index in [0.29, 0.717) is 17.3 Å². The maximum atomic E-state index is 12.9. The van der Waals surface area contributed by atoms with Gasteiger partial charge in [-0.25, -0.2) is 4.68 Å². The Hall–Kier alpha value is -2.95. The number of carbonyl (C=O) groups is 1. The van der Waals surface area contributed by atoms with E-state index in [0.717, 1.165) is 31.4 Å². The van der Waals surface area contributed by atoms with Crippen molar-refractivity contribution in [3.8, 4) is 0 Å². The van der Waals surface area contributed by atoms with E-state index in [1.807, 2.05) is 37.3 Å². The molecule has 0 unspecified atom stereocenters. The largest absolute Gasteiger partial charge is 0.321 e. The van der Waals surface area contributed by atoms with Crippen LogP contribution in [0.15, 0.2) is 53.3 Å². The normalized spacial score (nSPS) is 10.9. The molecule has 3 aromatic rings. The third-order valence-corrected chi connectivity index (χ3v) is 4.55. The summed E-state index contributed by atoms with van der Waals surface area (Å²) < 4.78 is 1.38. The summed E-state index contributed by atoms with van der Waals surface area (Å²) in [6.07, 6.45) is 4.12. The van der Waals surface area contributed by atoms with Crippen LogP contribution in [0.5, 0.6) is 0 Å². The van der Waals surface area contributed by atoms with Crippen LogP contribution in [-0.2, 0) is 13.0 Å². The minimum absolute atomic E-state index is 0.163. The second-order valence-electron chi connectivity index (χ2n) is 6.68. The molecule has 1 N–H and O–H groups in total. The number of rotatable bonds is 7. The summed E-state index contributed by atoms with van der Waals surface area (Å²) in [6, 6.07) is 15.0. The van der Waals surface area contributed by atoms with Crippen LogP contribution in [0.1, 0.15) is 49.2 Å². The lowest BCUT2D eigenvalue weighted by Crippen LogP contribution is -2.27. The fourth-order valence-corrected chi connectivity index (χ4v) is 3.09. The first kappa shape index (κ1) is 18.8. The number of aryl methyl sites for hydroxylation is 2. The minimum atomic E-state index is -0.308. The van der Waals surface area contributed by atoms with Crippen LogP contribution in [-0.4, -0.2) is 15.7 Å². The van der Waals surface area contributed by atoms with Crippen LogP contribution in [0, 0.1) is 0 Å². The number of benzene rings is 2. The molecule has 0 aliphatic carbocycles. The van der Waals surface area contributed by atoms with E-state index in [9.17, 15) is 9.59 Å². The number of amides is 1. The third kappa shape index (κ3) is 4.25. The Morgan fingerprint density at radius 3 is 2.37 bits per heavy atom. The van der Waals surface area contributed by atoms with Crippen molar-refractivity contribution >= 4 is 22.4 Å². The molecule has 0 atom stereocenters. The number of anilines is 1. The van der Waals surface area contributed by atoms with Crippen LogP contribution >= 0.6 is 0 Å². The number of nitrogens with one attached hydrogen (secondary N) is 1. The first-order chi connectivity index (χ1) is 13.1. The highest BCUT2D eigenvalue weighted by molar-refractivity contribution is 6.11. The molecule has 0 fully saturated rings. The van der Waals surface area contributed by atoms with Gasteiger partial charge in [-0.15, -0.1) is 0 Å². The molecule has 140 valence electrons. The fourth-order valence-electron chi connectivity index (χ4n) is 3.09. The highest BCUT2D eigenvalue weighted by Gasteiger charge is 2.16. The van der Waals surface area contributed by atoms with Crippen molar-refractivity contribution in [2.75, 3.05) is 5.32 Å². The van der Waals surface area contributed by atoms with Crippen molar-refractivity contribution in [3.63, 3.8) is 0 Å². The predicted molar refractivity (Wildman–Crippen MR) is 109 cm³/mol. The Labute approximate surface area is 159 Å². The van der Waals surface area contributed by atoms with Gasteiger partial charge in [0.15, 0.2) is 5.69 Å². The number of hydrogen-bond donors (Lipinski definition) is 1. The molecule has 1 heterocycles. The van der Waals surface area contributed by atoms with Crippen molar-refractivity contribution < 1.29 is 4.79 Å². The molecular weight excluding hydrogens is 338 g/mol. The average molecular weight is 363 g/mol. The van der Waals surface area contributed by atoms with Gasteiger partial charge in [-0.2, -0.15) is 5.10 Å². The average Bonchev–Trinajstić information content (AvgIpc) is 2.69. The summed E-state index contributed by atoms with van der Waals surface area (Å²) >= 11 is 0. The number of unbranched alkanes of at least 4 members (excludes halogenated alkanes) is 1. The van der Waals surface area contributed by atoms with Crippen molar-refractivity contribution in [3.05, 3.63) is 70.1 Å². The van der Waals surface area contributed by atoms with Crippen molar-refractivity contribution in [1.29, 1.82) is 0 Å². The minimum Gasteiger partial charge on any atom is -0.321 e. The van der Waals surface area contributed by atoms with E-state index in [2.05, 4.69) is 17.3 Å². The molecule has 0 spiro atoms. The van der Waals surface area contributed by atoms with Gasteiger partial charge in [0.25, 0.3) is 11.5 Å². The molecule has 0 radical (unpaired) electrons. The Morgan fingerprint density at radius 1 is 1.00 bits per heavy atom. The van der Waals surface area contributed by atoms with E-state index in [-0.39, 0.29) is 17.2 Å². The first-order valence-electron chi connectivity index (χ1n) is 9.54. The Kier molecular flexibility index (Phi) is 6.01. The lowest BCUT2D eigenvalue weighted by atomic mass is 10.1. The van der Waals surface area contributed by atoms with Gasteiger partial charge in [0, 0.05) is 17.6 Å². The number of carbonyl (C=O) groups excluding carboxylic acids is 1. The van der Waals surface area contributed by atoms with Crippen LogP contribution < -0.4 is 10.9 Å². The maximum absolute atomic E-state index is 12.9. The van der Waals surface area contributed by atoms with Gasteiger partial charge in [0.1, 0.15) is 0 Å². The monoisotopic (exact) mass is 363 g/mol. The molecule has 5 nitrogen and oxygen atoms in total. The lowest BCUT2D eigenvalue weighted by Gasteiger charge is -2.11. The zero-order valence-electron chi connectivity index (χ0n) is 15.9. The molecule has 3 rings (SSSR count). The second kappa shape index (κ2) is 8.62. The molecule has 5 heteroatoms. The van der Waals surface area contributed by atoms with Gasteiger partial charge >= 0.3 is 0 Å². The van der Waals surface area contributed by atoms with Gasteiger partial charge in [0.2, 0.25) is 0 Å². The maximum Gasteiger partial charge on any atom is 0.276 e. The van der Waals surface area contributed by atoms with E-state index < -0.39 is 0 Å². The van der Waals surface area contributed by atoms with Crippen LogP contribution in [0.2, 0.25) is 0 Å². The zero-order chi connectivity index (χ0) is 19.2. The smallest absolute Gasteiger partial charge is 0.276 e. The van der Waals surface area contributed by atoms with Crippen molar-refractivity contribution in [1.82, 2.24) is 9.78 Å². The summed E-state index contributed by atoms with van der Waals surface area (Å²) in [4.78, 5) is 25.4. The Bertz CT molecular complexity index is 991. The topological polar surface area (TPSA) is 64.0 Å². The summed E-state index contributed by atoms with van der Waals surface area (Å²) in [5, 5.41) is 8.33. The van der Waals surface area contributed by atoms with E-state index in [1.165, 1.54) is 10.2 Å². The highest BCUT2D eigenvalue weighted by Crippen LogP contribution is 2.17. The number of aromatic nitrogens is 2. The standard InChI is InChI=1S/C22H25N3O2/c1-3-5-8-16-11-13-17(14-12-16)23-21(26)20-18-9-6-7-10-19(18)22(27)25(24-20)15-4-2/h6-7,9-14H,3-5,8,15H2,1-2H3,(H,23,26). The van der Waals surface area contributed by atoms with E-state index >= 15 is 0 Å². The van der Waals surface area contributed by atoms with Crippen molar-refractivity contribution in [2.24, 2.45) is 0 Å². The van der Waals surface area contributed by atoms with Crippen LogP contribution in [0.25, 0.3) is 10.8 Å². The summed E-state index contributed by atoms with van der Waals surface area (Å²) in [5.41, 5.74) is 2.09. The Morgan fingerprint density at radius 2 is 1.70 bits per heavy atom. The molecule has 27 heavy (non-hydrogen) atoms. The first-order valence-corrected chi connectivity index (χ1v) is 9.54. The number of fused-ring (bicyclic) bond motifs is 1. The number of nitrogens with zero attached hydrogens (tertiary/aromatic N) is 2. The summed E-state index contributed by atoms with van der Waals surface area (Å²) in [6.45, 7) is 4.63. The van der Waals surface area contributed by atoms with Crippen LogP contribution in [0.4, 0.5) is 5.69 Å². The summed E-state index contributed by atoms with van der Waals surface area (Å²) in [7, 11) is 0. The Balaban J connectivity index is 1.91. The van der Waals surface area contributed by atoms with Gasteiger partial charge in [-0.05, 0) is 43.0 Å². The van der Waals surface area contributed by atoms with Gasteiger partial charge in [-0.3, -0.25) is 9.59 Å². The number of hydrogen-bond acceptors (Lipinski definition) is 3. The quantitative estimate of drug-likeness (QED) is 0.676. The van der Waals surface area contributed by atoms with Crippen molar-refractivity contribution in [2.45, 2.75) is 46.1 Å². The lowest BCUT2D eigenvalue weighted by molar-refractivity contribution is 0.102. The molecule has 1 amide bonds. The molecule has 0 saturated carbocycles. The molecular formula is C22H25N3O2. The van der Waals surface area contributed by atoms with Gasteiger partial charge in [0.05, 0.1) is 5.39 Å². The zero-order valence-corrected chi connectivity index (χ0v) is 15.9. The van der Waals surface area contributed by atoms with Crippen LogP contribution in [0.3, 0.4) is 0 Å². The van der Waals surface area contributed by atoms with E-state index in [1.54, 1.807) is 18.2 Å². The molecule has 0 aliphatic heterocycles. The predicted octanol–water partition coefficient (Wildman–Crippen LogP) is 4.40. The highest BCUT2D eigenvalue weighted by atomic mass is 16.2. The third-order valence-electron chi connectivity index (χ3n) is 4.55. The second-order valence-corrected chi connectivity index (χ2v) is 6.68. The molecule has 0 saturated heterocycles. The molecule has 0 bridgehead atoms. The molecule has 1 aromatic heterocycles. The molecule has 2 aromatic carbocycles. The molecule has 0 aliphatic rings. The fraction of sp³-hybridized carbons (Fsp3) is 0.318. The summed E-state index contributed by atoms with van der Waals surface area (Å²) in [5.74, 6) is -0.308. The van der Waals surface area contributed by atoms with Gasteiger partial charge in [-0.1, -0.05) is 50.6 Å².